The van der Waals surface area contributed by atoms with Crippen molar-refractivity contribution in [2.24, 2.45) is 0 Å². The molecule has 3 atom stereocenters. The highest BCUT2D eigenvalue weighted by molar-refractivity contribution is 7.84. The predicted octanol–water partition coefficient (Wildman–Crippen LogP) is 8.00. The number of hydrogen-bond acceptors (Lipinski definition) is 5. The van der Waals surface area contributed by atoms with Crippen molar-refractivity contribution in [1.29, 1.82) is 0 Å². The largest absolute Gasteiger partial charge is 0.508 e. The molecule has 0 aliphatic carbocycles. The lowest BCUT2D eigenvalue weighted by Gasteiger charge is -2.43. The number of benzene rings is 2. The van der Waals surface area contributed by atoms with Gasteiger partial charge in [0, 0.05) is 52.7 Å². The van der Waals surface area contributed by atoms with Crippen LogP contribution in [0, 0.1) is 0 Å². The van der Waals surface area contributed by atoms with Crippen LogP contribution in [0.25, 0.3) is 0 Å². The highest BCUT2D eigenvalue weighted by Crippen LogP contribution is 2.49. The summed E-state index contributed by atoms with van der Waals surface area (Å²) in [5.41, 5.74) is 1.21. The van der Waals surface area contributed by atoms with Crippen molar-refractivity contribution in [3.8, 4) is 17.2 Å². The molecule has 3 rings (SSSR count). The lowest BCUT2D eigenvalue weighted by molar-refractivity contribution is -0.284. The van der Waals surface area contributed by atoms with Crippen molar-refractivity contribution in [1.82, 2.24) is 0 Å². The predicted molar refractivity (Wildman–Crippen MR) is 153 cm³/mol. The molecule has 2 aromatic rings. The highest BCUT2D eigenvalue weighted by atomic mass is 32.2. The Morgan fingerprint density at radius 1 is 0.929 bits per heavy atom. The molecule has 1 aliphatic rings. The molecule has 1 aliphatic heterocycles. The van der Waals surface area contributed by atoms with Gasteiger partial charge in [-0.25, -0.2) is 0 Å². The molecule has 236 valence electrons. The molecular formula is C31H41F5O5S. The minimum atomic E-state index is -5.58. The van der Waals surface area contributed by atoms with Crippen molar-refractivity contribution >= 4 is 10.8 Å². The maximum Gasteiger partial charge on any atom is 0.453 e. The standard InChI is InChI=1S/C31H41F5O5S/c1-28(2,15-6-18-42(39)19-7-16-30(32,33)31(34,35)36)41-17-5-4-8-26-25-14-13-24(38)20-27(25)40-21-29(26,3)22-9-11-23(37)12-10-22/h9-14,20,26,37-38H,4-8,15-19,21H2,1-3H3/t26-,29-,42?/m1/s1. The summed E-state index contributed by atoms with van der Waals surface area (Å²) in [7, 11) is -1.47. The van der Waals surface area contributed by atoms with Gasteiger partial charge in [-0.05, 0) is 75.3 Å². The van der Waals surface area contributed by atoms with Gasteiger partial charge in [-0.15, -0.1) is 0 Å². The van der Waals surface area contributed by atoms with Gasteiger partial charge in [0.1, 0.15) is 17.2 Å². The monoisotopic (exact) mass is 620 g/mol. The van der Waals surface area contributed by atoms with E-state index in [0.29, 0.717) is 31.8 Å². The van der Waals surface area contributed by atoms with E-state index in [1.165, 1.54) is 0 Å². The topological polar surface area (TPSA) is 76.0 Å². The van der Waals surface area contributed by atoms with Gasteiger partial charge in [0.15, 0.2) is 0 Å². The van der Waals surface area contributed by atoms with Gasteiger partial charge in [-0.1, -0.05) is 31.5 Å². The van der Waals surface area contributed by atoms with Crippen LogP contribution in [0.3, 0.4) is 0 Å². The molecule has 0 fully saturated rings. The molecule has 42 heavy (non-hydrogen) atoms. The lowest BCUT2D eigenvalue weighted by atomic mass is 9.66. The van der Waals surface area contributed by atoms with Crippen LogP contribution in [0.2, 0.25) is 0 Å². The molecule has 0 aromatic heterocycles. The fourth-order valence-electron chi connectivity index (χ4n) is 5.44. The summed E-state index contributed by atoms with van der Waals surface area (Å²) < 4.78 is 87.1. The Labute approximate surface area is 246 Å². The van der Waals surface area contributed by atoms with E-state index in [-0.39, 0.29) is 34.3 Å². The van der Waals surface area contributed by atoms with E-state index in [9.17, 15) is 36.4 Å². The third-order valence-corrected chi connectivity index (χ3v) is 9.49. The average Bonchev–Trinajstić information content (AvgIpc) is 2.89. The minimum absolute atomic E-state index is 0.102. The lowest BCUT2D eigenvalue weighted by Crippen LogP contribution is -2.40. The Balaban J connectivity index is 1.46. The first-order valence-corrected chi connectivity index (χ1v) is 15.7. The number of aromatic hydroxyl groups is 2. The molecule has 1 unspecified atom stereocenters. The smallest absolute Gasteiger partial charge is 0.453 e. The van der Waals surface area contributed by atoms with Crippen LogP contribution < -0.4 is 4.74 Å². The van der Waals surface area contributed by atoms with Crippen molar-refractivity contribution in [2.45, 2.75) is 94.7 Å². The second-order valence-electron chi connectivity index (χ2n) is 11.9. The van der Waals surface area contributed by atoms with Crippen LogP contribution >= 0.6 is 0 Å². The fraction of sp³-hybridized carbons (Fsp3) is 0.613. The van der Waals surface area contributed by atoms with E-state index < -0.39 is 41.3 Å². The SMILES string of the molecule is CC(C)(CCCS(=O)CCCC(F)(F)C(F)(F)F)OCCCC[C@@H]1c2ccc(O)cc2OC[C@]1(C)c1ccc(O)cc1. The zero-order valence-electron chi connectivity index (χ0n) is 24.3. The summed E-state index contributed by atoms with van der Waals surface area (Å²) in [6.45, 7) is 6.91. The Morgan fingerprint density at radius 3 is 2.19 bits per heavy atom. The maximum atomic E-state index is 13.0. The quantitative estimate of drug-likeness (QED) is 0.156. The summed E-state index contributed by atoms with van der Waals surface area (Å²) in [5.74, 6) is -3.62. The Bertz CT molecular complexity index is 1190. The number of unbranched alkanes of at least 4 members (excludes halogenated alkanes) is 1. The first kappa shape index (κ1) is 34.1. The summed E-state index contributed by atoms with van der Waals surface area (Å²) >= 11 is 0. The molecule has 5 nitrogen and oxygen atoms in total. The molecule has 0 bridgehead atoms. The number of phenols is 2. The van der Waals surface area contributed by atoms with E-state index in [4.69, 9.17) is 9.47 Å². The summed E-state index contributed by atoms with van der Waals surface area (Å²) in [5, 5.41) is 19.7. The van der Waals surface area contributed by atoms with Crippen molar-refractivity contribution in [3.05, 3.63) is 53.6 Å². The van der Waals surface area contributed by atoms with Crippen LogP contribution in [-0.2, 0) is 21.0 Å². The van der Waals surface area contributed by atoms with Gasteiger partial charge in [-0.2, -0.15) is 22.0 Å². The molecule has 0 amide bonds. The number of alkyl halides is 5. The number of hydrogen-bond donors (Lipinski definition) is 2. The van der Waals surface area contributed by atoms with E-state index in [2.05, 4.69) is 6.92 Å². The Morgan fingerprint density at radius 2 is 1.55 bits per heavy atom. The summed E-state index contributed by atoms with van der Waals surface area (Å²) in [6.07, 6.45) is -3.81. The van der Waals surface area contributed by atoms with Crippen molar-refractivity contribution in [3.63, 3.8) is 0 Å². The number of rotatable bonds is 15. The summed E-state index contributed by atoms with van der Waals surface area (Å²) in [4.78, 5) is 0. The van der Waals surface area contributed by atoms with Gasteiger partial charge in [0.05, 0.1) is 12.2 Å². The fourth-order valence-corrected chi connectivity index (χ4v) is 6.57. The van der Waals surface area contributed by atoms with Gasteiger partial charge >= 0.3 is 12.1 Å². The molecule has 2 aromatic carbocycles. The maximum absolute atomic E-state index is 13.0. The molecular weight excluding hydrogens is 579 g/mol. The number of halogens is 5. The third kappa shape index (κ3) is 9.05. The zero-order chi connectivity index (χ0) is 31.2. The molecule has 11 heteroatoms. The van der Waals surface area contributed by atoms with Gasteiger partial charge < -0.3 is 19.7 Å². The first-order chi connectivity index (χ1) is 19.5. The molecule has 2 N–H and O–H groups in total. The molecule has 0 saturated carbocycles. The molecule has 0 radical (unpaired) electrons. The Kier molecular flexibility index (Phi) is 11.3. The van der Waals surface area contributed by atoms with Gasteiger partial charge in [0.25, 0.3) is 0 Å². The summed E-state index contributed by atoms with van der Waals surface area (Å²) in [6, 6.07) is 12.4. The second-order valence-corrected chi connectivity index (χ2v) is 13.6. The Hall–Kier alpha value is -2.40. The average molecular weight is 621 g/mol. The van der Waals surface area contributed by atoms with Crippen LogP contribution in [0.4, 0.5) is 22.0 Å². The third-order valence-electron chi connectivity index (χ3n) is 8.00. The van der Waals surface area contributed by atoms with E-state index >= 15 is 0 Å². The highest BCUT2D eigenvalue weighted by Gasteiger charge is 2.56. The first-order valence-electron chi connectivity index (χ1n) is 14.2. The van der Waals surface area contributed by atoms with Crippen LogP contribution in [-0.4, -0.2) is 56.8 Å². The van der Waals surface area contributed by atoms with Crippen molar-refractivity contribution < 1.29 is 45.8 Å². The van der Waals surface area contributed by atoms with E-state index in [0.717, 1.165) is 30.4 Å². The minimum Gasteiger partial charge on any atom is -0.508 e. The van der Waals surface area contributed by atoms with Gasteiger partial charge in [-0.3, -0.25) is 4.21 Å². The molecule has 1 heterocycles. The van der Waals surface area contributed by atoms with E-state index in [1.807, 2.05) is 32.0 Å². The van der Waals surface area contributed by atoms with Crippen LogP contribution in [0.15, 0.2) is 42.5 Å². The molecule has 0 saturated heterocycles. The van der Waals surface area contributed by atoms with Gasteiger partial charge in [0.2, 0.25) is 0 Å². The number of fused-ring (bicyclic) bond motifs is 1. The normalized spacial score (nSPS) is 20.1. The van der Waals surface area contributed by atoms with Crippen molar-refractivity contribution in [2.75, 3.05) is 24.7 Å². The second kappa shape index (κ2) is 13.9. The van der Waals surface area contributed by atoms with Crippen LogP contribution in [0.1, 0.15) is 82.8 Å². The number of ether oxygens (including phenoxy) is 2. The van der Waals surface area contributed by atoms with E-state index in [1.54, 1.807) is 24.3 Å². The number of phenolic OH excluding ortho intramolecular Hbond substituents is 2. The zero-order valence-corrected chi connectivity index (χ0v) is 25.1. The van der Waals surface area contributed by atoms with Crippen LogP contribution in [0.5, 0.6) is 17.2 Å². The molecule has 0 spiro atoms.